The van der Waals surface area contributed by atoms with E-state index in [4.69, 9.17) is 10.5 Å². The number of ether oxygens (including phenoxy) is 1. The van der Waals surface area contributed by atoms with Crippen LogP contribution in [0.4, 0.5) is 0 Å². The van der Waals surface area contributed by atoms with Crippen LogP contribution in [0, 0.1) is 12.8 Å². The van der Waals surface area contributed by atoms with Gasteiger partial charge in [-0.2, -0.15) is 0 Å². The average Bonchev–Trinajstić information content (AvgIpc) is 2.47. The van der Waals surface area contributed by atoms with Crippen molar-refractivity contribution in [2.75, 3.05) is 6.61 Å². The summed E-state index contributed by atoms with van der Waals surface area (Å²) in [4.78, 5) is 4.62. The molecule has 20 heavy (non-hydrogen) atoms. The second kappa shape index (κ2) is 5.82. The molecule has 3 rings (SSSR count). The van der Waals surface area contributed by atoms with E-state index < -0.39 is 0 Å². The van der Waals surface area contributed by atoms with Crippen molar-refractivity contribution in [3.8, 4) is 0 Å². The molecule has 1 spiro atoms. The minimum atomic E-state index is 0.0533. The standard InChI is InChI=1S/C17H26N2O/c1-13-6-5-7-15(19-13)16(18)14-8-11-20-17(12-14)9-3-2-4-10-17/h5-7,14,16H,2-4,8-12,18H2,1H3. The SMILES string of the molecule is Cc1cccc(C(N)C2CCOC3(CCCCC3)C2)n1. The predicted octanol–water partition coefficient (Wildman–Crippen LogP) is 3.52. The lowest BCUT2D eigenvalue weighted by atomic mass is 9.74. The molecule has 0 bridgehead atoms. The quantitative estimate of drug-likeness (QED) is 0.897. The Balaban J connectivity index is 1.73. The van der Waals surface area contributed by atoms with E-state index in [9.17, 15) is 0 Å². The summed E-state index contributed by atoms with van der Waals surface area (Å²) in [7, 11) is 0. The second-order valence-corrected chi connectivity index (χ2v) is 6.57. The summed E-state index contributed by atoms with van der Waals surface area (Å²) in [6.45, 7) is 2.90. The van der Waals surface area contributed by atoms with Gasteiger partial charge in [0.05, 0.1) is 17.3 Å². The zero-order valence-corrected chi connectivity index (χ0v) is 12.5. The third-order valence-corrected chi connectivity index (χ3v) is 5.06. The smallest absolute Gasteiger partial charge is 0.0686 e. The molecule has 1 saturated heterocycles. The molecule has 1 aromatic rings. The van der Waals surface area contributed by atoms with Gasteiger partial charge in [0, 0.05) is 12.3 Å². The number of rotatable bonds is 2. The van der Waals surface area contributed by atoms with Gasteiger partial charge in [-0.25, -0.2) is 0 Å². The number of nitrogens with zero attached hydrogens (tertiary/aromatic N) is 1. The van der Waals surface area contributed by atoms with E-state index in [1.165, 1.54) is 32.1 Å². The summed E-state index contributed by atoms with van der Waals surface area (Å²) in [5.41, 5.74) is 8.74. The summed E-state index contributed by atoms with van der Waals surface area (Å²) in [6, 6.07) is 6.22. The number of nitrogens with two attached hydrogens (primary N) is 1. The summed E-state index contributed by atoms with van der Waals surface area (Å²) in [5, 5.41) is 0. The van der Waals surface area contributed by atoms with Gasteiger partial charge in [0.15, 0.2) is 0 Å². The van der Waals surface area contributed by atoms with Crippen molar-refractivity contribution in [2.24, 2.45) is 11.7 Å². The van der Waals surface area contributed by atoms with Gasteiger partial charge in [0.2, 0.25) is 0 Å². The van der Waals surface area contributed by atoms with Crippen LogP contribution in [0.25, 0.3) is 0 Å². The van der Waals surface area contributed by atoms with Crippen molar-refractivity contribution in [3.63, 3.8) is 0 Å². The molecule has 3 heteroatoms. The molecule has 3 nitrogen and oxygen atoms in total. The molecule has 2 atom stereocenters. The first-order valence-electron chi connectivity index (χ1n) is 8.02. The molecule has 1 aliphatic heterocycles. The fourth-order valence-electron chi connectivity index (χ4n) is 3.91. The van der Waals surface area contributed by atoms with Gasteiger partial charge >= 0.3 is 0 Å². The van der Waals surface area contributed by atoms with Gasteiger partial charge in [-0.3, -0.25) is 4.98 Å². The van der Waals surface area contributed by atoms with E-state index >= 15 is 0 Å². The fraction of sp³-hybridized carbons (Fsp3) is 0.706. The van der Waals surface area contributed by atoms with Gasteiger partial charge in [0.1, 0.15) is 0 Å². The number of hydrogen-bond donors (Lipinski definition) is 1. The Hall–Kier alpha value is -0.930. The first kappa shape index (κ1) is 14.0. The Bertz CT molecular complexity index is 449. The van der Waals surface area contributed by atoms with E-state index in [-0.39, 0.29) is 11.6 Å². The summed E-state index contributed by atoms with van der Waals surface area (Å²) < 4.78 is 6.17. The lowest BCUT2D eigenvalue weighted by Crippen LogP contribution is -2.44. The van der Waals surface area contributed by atoms with Crippen LogP contribution < -0.4 is 5.73 Å². The summed E-state index contributed by atoms with van der Waals surface area (Å²) in [6.07, 6.45) is 8.60. The molecule has 1 aromatic heterocycles. The molecule has 0 aromatic carbocycles. The zero-order chi connectivity index (χ0) is 14.0. The molecule has 2 unspecified atom stereocenters. The van der Waals surface area contributed by atoms with Crippen molar-refractivity contribution in [1.29, 1.82) is 0 Å². The highest BCUT2D eigenvalue weighted by atomic mass is 16.5. The molecule has 2 N–H and O–H groups in total. The Labute approximate surface area is 121 Å². The van der Waals surface area contributed by atoms with E-state index in [2.05, 4.69) is 17.1 Å². The van der Waals surface area contributed by atoms with E-state index in [1.807, 2.05) is 13.0 Å². The Kier molecular flexibility index (Phi) is 4.08. The van der Waals surface area contributed by atoms with Gasteiger partial charge in [-0.15, -0.1) is 0 Å². The van der Waals surface area contributed by atoms with Crippen LogP contribution in [-0.2, 0) is 4.74 Å². The molecule has 2 heterocycles. The van der Waals surface area contributed by atoms with Crippen LogP contribution in [-0.4, -0.2) is 17.2 Å². The monoisotopic (exact) mass is 274 g/mol. The van der Waals surface area contributed by atoms with Gasteiger partial charge in [0.25, 0.3) is 0 Å². The molecule has 110 valence electrons. The molecular formula is C17H26N2O. The average molecular weight is 274 g/mol. The normalized spacial score (nSPS) is 27.4. The Morgan fingerprint density at radius 1 is 1.30 bits per heavy atom. The topological polar surface area (TPSA) is 48.1 Å². The fourth-order valence-corrected chi connectivity index (χ4v) is 3.91. The van der Waals surface area contributed by atoms with Crippen LogP contribution >= 0.6 is 0 Å². The number of aromatic nitrogens is 1. The minimum Gasteiger partial charge on any atom is -0.375 e. The maximum atomic E-state index is 6.51. The van der Waals surface area contributed by atoms with Crippen LogP contribution in [0.2, 0.25) is 0 Å². The van der Waals surface area contributed by atoms with Crippen molar-refractivity contribution >= 4 is 0 Å². The van der Waals surface area contributed by atoms with Crippen molar-refractivity contribution in [1.82, 2.24) is 4.98 Å². The van der Waals surface area contributed by atoms with Gasteiger partial charge in [-0.1, -0.05) is 25.3 Å². The molecule has 1 saturated carbocycles. The van der Waals surface area contributed by atoms with Crippen LogP contribution in [0.5, 0.6) is 0 Å². The molecule has 2 aliphatic rings. The van der Waals surface area contributed by atoms with Gasteiger partial charge < -0.3 is 10.5 Å². The van der Waals surface area contributed by atoms with Crippen LogP contribution in [0.3, 0.4) is 0 Å². The lowest BCUT2D eigenvalue weighted by Gasteiger charge is -2.44. The highest BCUT2D eigenvalue weighted by molar-refractivity contribution is 5.14. The third kappa shape index (κ3) is 2.89. The first-order chi connectivity index (χ1) is 9.69. The Morgan fingerprint density at radius 3 is 2.85 bits per heavy atom. The molecular weight excluding hydrogens is 248 g/mol. The molecule has 0 amide bonds. The van der Waals surface area contributed by atoms with Crippen molar-refractivity contribution in [2.45, 2.75) is 63.5 Å². The lowest BCUT2D eigenvalue weighted by molar-refractivity contribution is -0.120. The maximum Gasteiger partial charge on any atom is 0.0686 e. The highest BCUT2D eigenvalue weighted by Crippen LogP contribution is 2.43. The van der Waals surface area contributed by atoms with E-state index in [0.717, 1.165) is 30.8 Å². The highest BCUT2D eigenvalue weighted by Gasteiger charge is 2.40. The first-order valence-corrected chi connectivity index (χ1v) is 8.02. The van der Waals surface area contributed by atoms with Gasteiger partial charge in [-0.05, 0) is 50.7 Å². The summed E-state index contributed by atoms with van der Waals surface area (Å²) in [5.74, 6) is 0.510. The second-order valence-electron chi connectivity index (χ2n) is 6.57. The largest absolute Gasteiger partial charge is 0.375 e. The third-order valence-electron chi connectivity index (χ3n) is 5.06. The van der Waals surface area contributed by atoms with Crippen molar-refractivity contribution < 1.29 is 4.74 Å². The molecule has 0 radical (unpaired) electrons. The Morgan fingerprint density at radius 2 is 2.10 bits per heavy atom. The number of pyridine rings is 1. The van der Waals surface area contributed by atoms with E-state index in [0.29, 0.717) is 5.92 Å². The summed E-state index contributed by atoms with van der Waals surface area (Å²) >= 11 is 0. The maximum absolute atomic E-state index is 6.51. The van der Waals surface area contributed by atoms with Crippen LogP contribution in [0.1, 0.15) is 62.4 Å². The molecule has 2 fully saturated rings. The predicted molar refractivity (Wildman–Crippen MR) is 80.4 cm³/mol. The number of hydrogen-bond acceptors (Lipinski definition) is 3. The minimum absolute atomic E-state index is 0.0533. The number of aryl methyl sites for hydroxylation is 1. The molecule has 1 aliphatic carbocycles. The van der Waals surface area contributed by atoms with E-state index in [1.54, 1.807) is 0 Å². The zero-order valence-electron chi connectivity index (χ0n) is 12.5. The van der Waals surface area contributed by atoms with Crippen LogP contribution in [0.15, 0.2) is 18.2 Å². The van der Waals surface area contributed by atoms with Crippen molar-refractivity contribution in [3.05, 3.63) is 29.6 Å².